The maximum absolute atomic E-state index is 5.18. The molecule has 0 radical (unpaired) electrons. The number of fused-ring (bicyclic) bond motifs is 3. The van der Waals surface area contributed by atoms with E-state index in [0.717, 1.165) is 78.1 Å². The third kappa shape index (κ3) is 5.11. The van der Waals surface area contributed by atoms with Crippen molar-refractivity contribution in [3.63, 3.8) is 0 Å². The summed E-state index contributed by atoms with van der Waals surface area (Å²) in [5.41, 5.74) is 11.2. The molecular weight excluding hydrogens is 550 g/mol. The number of nitrogens with zero attached hydrogens (tertiary/aromatic N) is 5. The van der Waals surface area contributed by atoms with E-state index in [1.807, 2.05) is 73.7 Å². The van der Waals surface area contributed by atoms with E-state index < -0.39 is 0 Å². The fourth-order valence-electron chi connectivity index (χ4n) is 5.77. The molecular formula is C40H27N5. The molecule has 5 nitrogen and oxygen atoms in total. The highest BCUT2D eigenvalue weighted by Gasteiger charge is 2.16. The molecule has 8 aromatic rings. The second kappa shape index (κ2) is 11.2. The van der Waals surface area contributed by atoms with Crippen molar-refractivity contribution in [2.45, 2.75) is 6.92 Å². The lowest BCUT2D eigenvalue weighted by Crippen LogP contribution is -1.97. The minimum Gasteiger partial charge on any atom is -0.255 e. The molecule has 0 saturated heterocycles. The molecule has 8 rings (SSSR count). The number of rotatable bonds is 5. The molecule has 4 aromatic heterocycles. The van der Waals surface area contributed by atoms with E-state index in [1.54, 1.807) is 6.20 Å². The standard InChI is InChI=1S/C40H27N5/c1-26-18-19-29-20-21-32-33(24-35(27-11-4-2-5-12-27)43-39(32)38(29)42-26)30-15-10-16-31(23-30)40-44-36(28-13-6-3-7-14-28)25-37(45-40)34-17-8-9-22-41-34/h2-25H,1H3. The molecule has 4 aromatic carbocycles. The first-order chi connectivity index (χ1) is 22.2. The van der Waals surface area contributed by atoms with Gasteiger partial charge in [-0.05, 0) is 54.4 Å². The largest absolute Gasteiger partial charge is 0.255 e. The van der Waals surface area contributed by atoms with Crippen molar-refractivity contribution in [1.29, 1.82) is 0 Å². The number of pyridine rings is 3. The Bertz CT molecular complexity index is 2260. The minimum atomic E-state index is 0.642. The van der Waals surface area contributed by atoms with E-state index in [1.165, 1.54) is 0 Å². The first-order valence-corrected chi connectivity index (χ1v) is 14.9. The van der Waals surface area contributed by atoms with Gasteiger partial charge < -0.3 is 0 Å². The van der Waals surface area contributed by atoms with Crippen LogP contribution in [-0.4, -0.2) is 24.9 Å². The highest BCUT2D eigenvalue weighted by atomic mass is 14.9. The number of aryl methyl sites for hydroxylation is 1. The summed E-state index contributed by atoms with van der Waals surface area (Å²) in [6.07, 6.45) is 1.79. The molecule has 5 heteroatoms. The zero-order valence-corrected chi connectivity index (χ0v) is 24.6. The van der Waals surface area contributed by atoms with E-state index in [2.05, 4.69) is 77.8 Å². The molecule has 0 bridgehead atoms. The Kier molecular flexibility index (Phi) is 6.61. The minimum absolute atomic E-state index is 0.642. The predicted molar refractivity (Wildman–Crippen MR) is 182 cm³/mol. The SMILES string of the molecule is Cc1ccc2ccc3c(-c4cccc(-c5nc(-c6ccccc6)cc(-c6ccccn6)n5)c4)cc(-c4ccccc4)nc3c2n1. The highest BCUT2D eigenvalue weighted by Crippen LogP contribution is 2.37. The lowest BCUT2D eigenvalue weighted by molar-refractivity contribution is 1.16. The van der Waals surface area contributed by atoms with Gasteiger partial charge in [-0.3, -0.25) is 9.97 Å². The average molecular weight is 578 g/mol. The van der Waals surface area contributed by atoms with Crippen LogP contribution in [0.4, 0.5) is 0 Å². The van der Waals surface area contributed by atoms with Gasteiger partial charge in [0.25, 0.3) is 0 Å². The number of aromatic nitrogens is 5. The Labute approximate surface area is 261 Å². The second-order valence-corrected chi connectivity index (χ2v) is 11.0. The van der Waals surface area contributed by atoms with E-state index in [0.29, 0.717) is 5.82 Å². The number of hydrogen-bond acceptors (Lipinski definition) is 5. The third-order valence-electron chi connectivity index (χ3n) is 8.00. The van der Waals surface area contributed by atoms with Gasteiger partial charge in [0, 0.05) is 39.4 Å². The van der Waals surface area contributed by atoms with Gasteiger partial charge in [0.1, 0.15) is 0 Å². The summed E-state index contributed by atoms with van der Waals surface area (Å²) in [4.78, 5) is 24.8. The average Bonchev–Trinajstić information content (AvgIpc) is 3.12. The van der Waals surface area contributed by atoms with E-state index >= 15 is 0 Å². The van der Waals surface area contributed by atoms with Crippen molar-refractivity contribution >= 4 is 21.8 Å². The molecule has 45 heavy (non-hydrogen) atoms. The fourth-order valence-corrected chi connectivity index (χ4v) is 5.77. The normalized spacial score (nSPS) is 11.2. The Morgan fingerprint density at radius 3 is 1.84 bits per heavy atom. The molecule has 0 N–H and O–H groups in total. The second-order valence-electron chi connectivity index (χ2n) is 11.0. The lowest BCUT2D eigenvalue weighted by Gasteiger charge is -2.14. The van der Waals surface area contributed by atoms with Crippen molar-refractivity contribution in [2.24, 2.45) is 0 Å². The van der Waals surface area contributed by atoms with Crippen molar-refractivity contribution in [3.05, 3.63) is 151 Å². The van der Waals surface area contributed by atoms with Gasteiger partial charge in [-0.25, -0.2) is 15.0 Å². The summed E-state index contributed by atoms with van der Waals surface area (Å²) in [5.74, 6) is 0.642. The molecule has 0 aliphatic heterocycles. The van der Waals surface area contributed by atoms with Crippen molar-refractivity contribution < 1.29 is 0 Å². The molecule has 0 amide bonds. The lowest BCUT2D eigenvalue weighted by atomic mass is 9.95. The van der Waals surface area contributed by atoms with Gasteiger partial charge in [-0.1, -0.05) is 103 Å². The Hall–Kier alpha value is -6.07. The molecule has 0 aliphatic carbocycles. The highest BCUT2D eigenvalue weighted by molar-refractivity contribution is 6.09. The zero-order chi connectivity index (χ0) is 30.2. The summed E-state index contributed by atoms with van der Waals surface area (Å²) in [7, 11) is 0. The van der Waals surface area contributed by atoms with Crippen LogP contribution in [0.15, 0.2) is 146 Å². The van der Waals surface area contributed by atoms with Crippen LogP contribution in [0.1, 0.15) is 5.69 Å². The van der Waals surface area contributed by atoms with E-state index in [9.17, 15) is 0 Å². The van der Waals surface area contributed by atoms with Crippen molar-refractivity contribution in [3.8, 4) is 56.4 Å². The van der Waals surface area contributed by atoms with Gasteiger partial charge >= 0.3 is 0 Å². The van der Waals surface area contributed by atoms with Crippen molar-refractivity contribution in [2.75, 3.05) is 0 Å². The van der Waals surface area contributed by atoms with Gasteiger partial charge in [-0.2, -0.15) is 0 Å². The van der Waals surface area contributed by atoms with Crippen LogP contribution >= 0.6 is 0 Å². The maximum Gasteiger partial charge on any atom is 0.160 e. The van der Waals surface area contributed by atoms with Gasteiger partial charge in [0.2, 0.25) is 0 Å². The quantitative estimate of drug-likeness (QED) is 0.191. The molecule has 0 aliphatic rings. The smallest absolute Gasteiger partial charge is 0.160 e. The Morgan fingerprint density at radius 2 is 1.09 bits per heavy atom. The molecule has 0 saturated carbocycles. The monoisotopic (exact) mass is 577 g/mol. The van der Waals surface area contributed by atoms with Crippen LogP contribution in [0.2, 0.25) is 0 Å². The molecule has 4 heterocycles. The number of benzene rings is 4. The van der Waals surface area contributed by atoms with E-state index in [-0.39, 0.29) is 0 Å². The third-order valence-corrected chi connectivity index (χ3v) is 8.00. The summed E-state index contributed by atoms with van der Waals surface area (Å²) in [5, 5.41) is 2.12. The molecule has 0 atom stereocenters. The first kappa shape index (κ1) is 26.5. The maximum atomic E-state index is 5.18. The van der Waals surface area contributed by atoms with Crippen LogP contribution in [0.25, 0.3) is 78.2 Å². The topological polar surface area (TPSA) is 64.5 Å². The van der Waals surface area contributed by atoms with Gasteiger partial charge in [0.05, 0.1) is 33.8 Å². The van der Waals surface area contributed by atoms with Gasteiger partial charge in [0.15, 0.2) is 5.82 Å². The van der Waals surface area contributed by atoms with Crippen LogP contribution in [0.5, 0.6) is 0 Å². The fraction of sp³-hybridized carbons (Fsp3) is 0.0250. The van der Waals surface area contributed by atoms with E-state index in [4.69, 9.17) is 19.9 Å². The Morgan fingerprint density at radius 1 is 0.422 bits per heavy atom. The molecule has 212 valence electrons. The summed E-state index contributed by atoms with van der Waals surface area (Å²) < 4.78 is 0. The first-order valence-electron chi connectivity index (χ1n) is 14.9. The van der Waals surface area contributed by atoms with Crippen LogP contribution < -0.4 is 0 Å². The summed E-state index contributed by atoms with van der Waals surface area (Å²) in [6, 6.07) is 47.5. The number of hydrogen-bond donors (Lipinski definition) is 0. The van der Waals surface area contributed by atoms with Crippen LogP contribution in [0.3, 0.4) is 0 Å². The summed E-state index contributed by atoms with van der Waals surface area (Å²) in [6.45, 7) is 2.02. The van der Waals surface area contributed by atoms with Crippen LogP contribution in [-0.2, 0) is 0 Å². The molecule has 0 unspecified atom stereocenters. The van der Waals surface area contributed by atoms with Gasteiger partial charge in [-0.15, -0.1) is 0 Å². The zero-order valence-electron chi connectivity index (χ0n) is 24.6. The summed E-state index contributed by atoms with van der Waals surface area (Å²) >= 11 is 0. The Balaban J connectivity index is 1.34. The predicted octanol–water partition coefficient (Wildman–Crippen LogP) is 9.61. The van der Waals surface area contributed by atoms with Crippen LogP contribution in [0, 0.1) is 6.92 Å². The van der Waals surface area contributed by atoms with Crippen molar-refractivity contribution in [1.82, 2.24) is 24.9 Å². The molecule has 0 spiro atoms. The molecule has 0 fully saturated rings.